The Morgan fingerprint density at radius 2 is 1.38 bits per heavy atom. The Kier molecular flexibility index (Phi) is 12.6. The van der Waals surface area contributed by atoms with E-state index in [0.29, 0.717) is 0 Å². The van der Waals surface area contributed by atoms with E-state index in [1.807, 2.05) is 12.2 Å². The second kappa shape index (κ2) is 13.7. The zero-order valence-corrected chi connectivity index (χ0v) is 10.3. The summed E-state index contributed by atoms with van der Waals surface area (Å²) in [6, 6.07) is 0. The SMILES string of the molecule is C=CCCC=CC=CCC=CCCCC=C. The third-order valence-corrected chi connectivity index (χ3v) is 2.14. The first-order chi connectivity index (χ1) is 7.91. The molecule has 0 heteroatoms. The van der Waals surface area contributed by atoms with Gasteiger partial charge in [-0.15, -0.1) is 13.2 Å². The molecule has 0 spiro atoms. The predicted molar refractivity (Wildman–Crippen MR) is 75.5 cm³/mol. The van der Waals surface area contributed by atoms with Gasteiger partial charge < -0.3 is 0 Å². The van der Waals surface area contributed by atoms with Crippen LogP contribution in [0.3, 0.4) is 0 Å². The first-order valence-corrected chi connectivity index (χ1v) is 6.10. The normalized spacial score (nSPS) is 11.8. The van der Waals surface area contributed by atoms with Crippen molar-refractivity contribution in [1.82, 2.24) is 0 Å². The Morgan fingerprint density at radius 3 is 2.12 bits per heavy atom. The average Bonchev–Trinajstić information content (AvgIpc) is 2.31. The number of hydrogen-bond donors (Lipinski definition) is 0. The summed E-state index contributed by atoms with van der Waals surface area (Å²) >= 11 is 0. The molecule has 0 aliphatic heterocycles. The summed E-state index contributed by atoms with van der Waals surface area (Å²) in [6.07, 6.45) is 23.6. The van der Waals surface area contributed by atoms with E-state index in [1.165, 1.54) is 6.42 Å². The van der Waals surface area contributed by atoms with Gasteiger partial charge in [0.15, 0.2) is 0 Å². The van der Waals surface area contributed by atoms with Gasteiger partial charge in [-0.1, -0.05) is 48.6 Å². The summed E-state index contributed by atoms with van der Waals surface area (Å²) in [5, 5.41) is 0. The lowest BCUT2D eigenvalue weighted by molar-refractivity contribution is 0.867. The first kappa shape index (κ1) is 14.7. The summed E-state index contributed by atoms with van der Waals surface area (Å²) in [4.78, 5) is 0. The molecule has 0 heterocycles. The molecule has 0 aromatic heterocycles. The highest BCUT2D eigenvalue weighted by Gasteiger charge is 1.78. The minimum atomic E-state index is 1.03. The number of rotatable bonds is 10. The van der Waals surface area contributed by atoms with E-state index in [0.717, 1.165) is 32.1 Å². The van der Waals surface area contributed by atoms with Crippen LogP contribution in [0.25, 0.3) is 0 Å². The average molecular weight is 216 g/mol. The van der Waals surface area contributed by atoms with Crippen LogP contribution in [-0.2, 0) is 0 Å². The monoisotopic (exact) mass is 216 g/mol. The molecule has 0 aromatic rings. The van der Waals surface area contributed by atoms with Crippen LogP contribution in [0.2, 0.25) is 0 Å². The maximum absolute atomic E-state index is 3.70. The molecular formula is C16H24. The molecule has 0 nitrogen and oxygen atoms in total. The Morgan fingerprint density at radius 1 is 0.625 bits per heavy atom. The zero-order valence-electron chi connectivity index (χ0n) is 10.3. The Hall–Kier alpha value is -1.30. The van der Waals surface area contributed by atoms with E-state index < -0.39 is 0 Å². The molecule has 0 fully saturated rings. The standard InChI is InChI=1S/C16H24/c1-3-5-7-9-11-13-15-16-14-12-10-8-6-4-2/h3-4,9,11-15H,1-2,5-8,10,16H2. The summed E-state index contributed by atoms with van der Waals surface area (Å²) in [5.41, 5.74) is 0. The third-order valence-electron chi connectivity index (χ3n) is 2.14. The highest BCUT2D eigenvalue weighted by Crippen LogP contribution is 1.98. The molecule has 0 aromatic carbocycles. The predicted octanol–water partition coefficient (Wildman–Crippen LogP) is 5.37. The second-order valence-corrected chi connectivity index (χ2v) is 3.65. The molecule has 0 saturated carbocycles. The fourth-order valence-electron chi connectivity index (χ4n) is 1.22. The quantitative estimate of drug-likeness (QED) is 0.262. The topological polar surface area (TPSA) is 0 Å². The third kappa shape index (κ3) is 12.7. The molecule has 0 unspecified atom stereocenters. The van der Waals surface area contributed by atoms with Gasteiger partial charge in [-0.25, -0.2) is 0 Å². The van der Waals surface area contributed by atoms with Crippen molar-refractivity contribution in [1.29, 1.82) is 0 Å². The Bertz CT molecular complexity index is 241. The lowest BCUT2D eigenvalue weighted by atomic mass is 10.2. The number of unbranched alkanes of at least 4 members (excludes halogenated alkanes) is 3. The largest absolute Gasteiger partial charge is 0.103 e. The summed E-state index contributed by atoms with van der Waals surface area (Å²) in [6.45, 7) is 7.38. The Labute approximate surface area is 101 Å². The van der Waals surface area contributed by atoms with Crippen molar-refractivity contribution >= 4 is 0 Å². The molecule has 0 aliphatic rings. The van der Waals surface area contributed by atoms with Crippen molar-refractivity contribution in [2.24, 2.45) is 0 Å². The maximum atomic E-state index is 3.70. The number of allylic oxidation sites excluding steroid dienone is 8. The highest BCUT2D eigenvalue weighted by molar-refractivity contribution is 5.05. The van der Waals surface area contributed by atoms with Crippen LogP contribution in [0.1, 0.15) is 38.5 Å². The van der Waals surface area contributed by atoms with Crippen LogP contribution in [0, 0.1) is 0 Å². The maximum Gasteiger partial charge on any atom is -0.0166 e. The van der Waals surface area contributed by atoms with E-state index in [1.54, 1.807) is 0 Å². The molecule has 0 N–H and O–H groups in total. The molecule has 0 rings (SSSR count). The van der Waals surface area contributed by atoms with E-state index >= 15 is 0 Å². The minimum Gasteiger partial charge on any atom is -0.103 e. The van der Waals surface area contributed by atoms with Crippen molar-refractivity contribution in [2.75, 3.05) is 0 Å². The molecule has 16 heavy (non-hydrogen) atoms. The molecule has 0 atom stereocenters. The molecular weight excluding hydrogens is 192 g/mol. The van der Waals surface area contributed by atoms with Gasteiger partial charge in [-0.3, -0.25) is 0 Å². The van der Waals surface area contributed by atoms with Gasteiger partial charge >= 0.3 is 0 Å². The van der Waals surface area contributed by atoms with Crippen molar-refractivity contribution in [3.05, 3.63) is 61.8 Å². The molecule has 88 valence electrons. The van der Waals surface area contributed by atoms with Crippen LogP contribution < -0.4 is 0 Å². The molecule has 0 aliphatic carbocycles. The zero-order chi connectivity index (χ0) is 11.9. The molecule has 0 amide bonds. The van der Waals surface area contributed by atoms with E-state index in [4.69, 9.17) is 0 Å². The van der Waals surface area contributed by atoms with Gasteiger partial charge in [0.2, 0.25) is 0 Å². The van der Waals surface area contributed by atoms with Crippen molar-refractivity contribution < 1.29 is 0 Å². The van der Waals surface area contributed by atoms with Gasteiger partial charge in [0, 0.05) is 0 Å². The van der Waals surface area contributed by atoms with Gasteiger partial charge in [0.05, 0.1) is 0 Å². The van der Waals surface area contributed by atoms with Gasteiger partial charge in [0.1, 0.15) is 0 Å². The van der Waals surface area contributed by atoms with Gasteiger partial charge in [0.25, 0.3) is 0 Å². The summed E-state index contributed by atoms with van der Waals surface area (Å²) in [7, 11) is 0. The summed E-state index contributed by atoms with van der Waals surface area (Å²) in [5.74, 6) is 0. The highest BCUT2D eigenvalue weighted by atomic mass is 13.8. The second-order valence-electron chi connectivity index (χ2n) is 3.65. The molecule has 0 saturated heterocycles. The van der Waals surface area contributed by atoms with E-state index in [2.05, 4.69) is 49.6 Å². The summed E-state index contributed by atoms with van der Waals surface area (Å²) < 4.78 is 0. The van der Waals surface area contributed by atoms with E-state index in [9.17, 15) is 0 Å². The van der Waals surface area contributed by atoms with Crippen molar-refractivity contribution in [2.45, 2.75) is 38.5 Å². The fourth-order valence-corrected chi connectivity index (χ4v) is 1.22. The lowest BCUT2D eigenvalue weighted by Crippen LogP contribution is -1.67. The van der Waals surface area contributed by atoms with Crippen LogP contribution in [0.15, 0.2) is 61.8 Å². The lowest BCUT2D eigenvalue weighted by Gasteiger charge is -1.88. The molecule has 0 bridgehead atoms. The van der Waals surface area contributed by atoms with Gasteiger partial charge in [-0.2, -0.15) is 0 Å². The smallest absolute Gasteiger partial charge is 0.0166 e. The fraction of sp³-hybridized carbons (Fsp3) is 0.375. The van der Waals surface area contributed by atoms with Crippen LogP contribution in [0.4, 0.5) is 0 Å². The number of hydrogen-bond acceptors (Lipinski definition) is 0. The van der Waals surface area contributed by atoms with Crippen LogP contribution in [-0.4, -0.2) is 0 Å². The van der Waals surface area contributed by atoms with Crippen molar-refractivity contribution in [3.8, 4) is 0 Å². The van der Waals surface area contributed by atoms with Gasteiger partial charge in [-0.05, 0) is 38.5 Å². The molecule has 0 radical (unpaired) electrons. The van der Waals surface area contributed by atoms with Crippen LogP contribution in [0.5, 0.6) is 0 Å². The Balaban J connectivity index is 3.35. The van der Waals surface area contributed by atoms with Crippen LogP contribution >= 0.6 is 0 Å². The first-order valence-electron chi connectivity index (χ1n) is 6.10. The van der Waals surface area contributed by atoms with E-state index in [-0.39, 0.29) is 0 Å². The van der Waals surface area contributed by atoms with Crippen molar-refractivity contribution in [3.63, 3.8) is 0 Å². The minimum absolute atomic E-state index is 1.03.